The summed E-state index contributed by atoms with van der Waals surface area (Å²) in [6, 6.07) is 18.2. The number of hydrogen-bond donors (Lipinski definition) is 3. The Hall–Kier alpha value is -2.86. The van der Waals surface area contributed by atoms with Gasteiger partial charge >= 0.3 is 0 Å². The van der Waals surface area contributed by atoms with Gasteiger partial charge in [0.2, 0.25) is 0 Å². The van der Waals surface area contributed by atoms with Crippen molar-refractivity contribution in [2.75, 3.05) is 25.0 Å². The lowest BCUT2D eigenvalue weighted by Crippen LogP contribution is -2.38. The molecule has 1 saturated heterocycles. The molecule has 0 aromatic heterocycles. The van der Waals surface area contributed by atoms with Crippen LogP contribution in [-0.4, -0.2) is 37.7 Å². The van der Waals surface area contributed by atoms with Crippen molar-refractivity contribution in [2.45, 2.75) is 38.8 Å². The van der Waals surface area contributed by atoms with Gasteiger partial charge < -0.3 is 20.7 Å². The Morgan fingerprint density at radius 1 is 1.10 bits per heavy atom. The van der Waals surface area contributed by atoms with Crippen LogP contribution in [0.3, 0.4) is 0 Å². The average molecular weight is 395 g/mol. The Morgan fingerprint density at radius 2 is 1.93 bits per heavy atom. The molecule has 1 atom stereocenters. The number of ether oxygens (including phenoxy) is 1. The van der Waals surface area contributed by atoms with Crippen LogP contribution in [0.25, 0.3) is 0 Å². The van der Waals surface area contributed by atoms with Crippen LogP contribution in [0.1, 0.15) is 30.9 Å². The second-order valence-corrected chi connectivity index (χ2v) is 7.05. The number of rotatable bonds is 8. The topological polar surface area (TPSA) is 74.8 Å². The summed E-state index contributed by atoms with van der Waals surface area (Å²) in [5.41, 5.74) is 3.11. The maximum absolute atomic E-state index is 12.2. The van der Waals surface area contributed by atoms with Crippen LogP contribution in [0.15, 0.2) is 59.6 Å². The maximum Gasteiger partial charge on any atom is 0.253 e. The molecule has 154 valence electrons. The van der Waals surface area contributed by atoms with E-state index in [0.717, 1.165) is 49.6 Å². The summed E-state index contributed by atoms with van der Waals surface area (Å²) in [5.74, 6) is 0.719. The molecule has 6 nitrogen and oxygen atoms in total. The van der Waals surface area contributed by atoms with E-state index in [-0.39, 0.29) is 12.0 Å². The first-order valence-corrected chi connectivity index (χ1v) is 10.3. The average Bonchev–Trinajstić information content (AvgIpc) is 3.28. The molecule has 0 radical (unpaired) electrons. The molecule has 2 aromatic carbocycles. The second-order valence-electron chi connectivity index (χ2n) is 7.05. The van der Waals surface area contributed by atoms with Gasteiger partial charge in [0.25, 0.3) is 5.91 Å². The smallest absolute Gasteiger partial charge is 0.253 e. The zero-order chi connectivity index (χ0) is 20.3. The van der Waals surface area contributed by atoms with Crippen LogP contribution in [0.2, 0.25) is 0 Å². The molecule has 1 aliphatic heterocycles. The molecule has 6 heteroatoms. The molecule has 0 spiro atoms. The number of nitrogens with zero attached hydrogens (tertiary/aromatic N) is 1. The van der Waals surface area contributed by atoms with Gasteiger partial charge in [-0.05, 0) is 49.4 Å². The SMILES string of the molecule is CCNC(=NCc1cccc(NC(=O)C2CCCO2)c1)NCCc1ccccc1. The van der Waals surface area contributed by atoms with Crippen molar-refractivity contribution in [1.29, 1.82) is 0 Å². The summed E-state index contributed by atoms with van der Waals surface area (Å²) in [6.07, 6.45) is 2.34. The van der Waals surface area contributed by atoms with Gasteiger partial charge in [-0.3, -0.25) is 4.79 Å². The summed E-state index contributed by atoms with van der Waals surface area (Å²) in [5, 5.41) is 9.60. The van der Waals surface area contributed by atoms with E-state index in [0.29, 0.717) is 13.2 Å². The van der Waals surface area contributed by atoms with E-state index in [1.54, 1.807) is 0 Å². The fourth-order valence-corrected chi connectivity index (χ4v) is 3.24. The van der Waals surface area contributed by atoms with Crippen LogP contribution < -0.4 is 16.0 Å². The summed E-state index contributed by atoms with van der Waals surface area (Å²) < 4.78 is 5.44. The molecule has 0 saturated carbocycles. The van der Waals surface area contributed by atoms with Crippen LogP contribution in [0.5, 0.6) is 0 Å². The van der Waals surface area contributed by atoms with Gasteiger partial charge in [-0.1, -0.05) is 42.5 Å². The fraction of sp³-hybridized carbons (Fsp3) is 0.391. The molecule has 2 aromatic rings. The van der Waals surface area contributed by atoms with Crippen LogP contribution in [0, 0.1) is 0 Å². The number of amides is 1. The minimum atomic E-state index is -0.328. The monoisotopic (exact) mass is 394 g/mol. The number of nitrogens with one attached hydrogen (secondary N) is 3. The Kier molecular flexibility index (Phi) is 8.07. The van der Waals surface area contributed by atoms with E-state index >= 15 is 0 Å². The van der Waals surface area contributed by atoms with Gasteiger partial charge in [0.1, 0.15) is 6.10 Å². The Labute approximate surface area is 172 Å². The molecule has 0 aliphatic carbocycles. The molecule has 1 aliphatic rings. The Balaban J connectivity index is 1.53. The minimum absolute atomic E-state index is 0.0703. The van der Waals surface area contributed by atoms with Crippen molar-refractivity contribution in [3.05, 3.63) is 65.7 Å². The van der Waals surface area contributed by atoms with Gasteiger partial charge in [-0.2, -0.15) is 0 Å². The molecule has 1 fully saturated rings. The number of carbonyl (C=O) groups excluding carboxylic acids is 1. The fourth-order valence-electron chi connectivity index (χ4n) is 3.24. The van der Waals surface area contributed by atoms with Crippen LogP contribution in [-0.2, 0) is 22.5 Å². The predicted molar refractivity (Wildman–Crippen MR) is 117 cm³/mol. The zero-order valence-electron chi connectivity index (χ0n) is 17.0. The highest BCUT2D eigenvalue weighted by molar-refractivity contribution is 5.94. The lowest BCUT2D eigenvalue weighted by Gasteiger charge is -2.12. The molecule has 1 amide bonds. The third-order valence-electron chi connectivity index (χ3n) is 4.73. The van der Waals surface area contributed by atoms with E-state index < -0.39 is 0 Å². The van der Waals surface area contributed by atoms with E-state index in [2.05, 4.69) is 52.1 Å². The molecule has 1 unspecified atom stereocenters. The molecule has 1 heterocycles. The van der Waals surface area contributed by atoms with Gasteiger partial charge in [0.15, 0.2) is 5.96 Å². The normalized spacial score (nSPS) is 16.4. The summed E-state index contributed by atoms with van der Waals surface area (Å²) in [7, 11) is 0. The first-order chi connectivity index (χ1) is 14.2. The predicted octanol–water partition coefficient (Wildman–Crippen LogP) is 3.10. The van der Waals surface area contributed by atoms with Gasteiger partial charge in [0.05, 0.1) is 6.54 Å². The molecule has 0 bridgehead atoms. The van der Waals surface area contributed by atoms with Crippen molar-refractivity contribution in [1.82, 2.24) is 10.6 Å². The van der Waals surface area contributed by atoms with E-state index in [1.807, 2.05) is 30.3 Å². The summed E-state index contributed by atoms with van der Waals surface area (Å²) in [4.78, 5) is 16.9. The standard InChI is InChI=1S/C23H30N4O2/c1-2-24-23(25-14-13-18-8-4-3-5-9-18)26-17-19-10-6-11-20(16-19)27-22(28)21-12-7-15-29-21/h3-6,8-11,16,21H,2,7,12-15,17H2,1H3,(H,27,28)(H2,24,25,26). The quantitative estimate of drug-likeness (QED) is 0.475. The lowest BCUT2D eigenvalue weighted by molar-refractivity contribution is -0.124. The van der Waals surface area contributed by atoms with Gasteiger partial charge in [-0.15, -0.1) is 0 Å². The summed E-state index contributed by atoms with van der Waals surface area (Å²) in [6.45, 7) is 4.86. The van der Waals surface area contributed by atoms with Gasteiger partial charge in [-0.25, -0.2) is 4.99 Å². The number of benzene rings is 2. The highest BCUT2D eigenvalue weighted by Gasteiger charge is 2.23. The number of aliphatic imine (C=N–C) groups is 1. The van der Waals surface area contributed by atoms with E-state index in [1.165, 1.54) is 5.56 Å². The third-order valence-corrected chi connectivity index (χ3v) is 4.73. The highest BCUT2D eigenvalue weighted by atomic mass is 16.5. The van der Waals surface area contributed by atoms with Gasteiger partial charge in [0, 0.05) is 25.4 Å². The van der Waals surface area contributed by atoms with Crippen molar-refractivity contribution >= 4 is 17.6 Å². The number of carbonyl (C=O) groups is 1. The molecule has 29 heavy (non-hydrogen) atoms. The molecule has 3 N–H and O–H groups in total. The van der Waals surface area contributed by atoms with Crippen molar-refractivity contribution in [3.63, 3.8) is 0 Å². The Morgan fingerprint density at radius 3 is 2.69 bits per heavy atom. The van der Waals surface area contributed by atoms with Crippen LogP contribution >= 0.6 is 0 Å². The van der Waals surface area contributed by atoms with Crippen LogP contribution in [0.4, 0.5) is 5.69 Å². The summed E-state index contributed by atoms with van der Waals surface area (Å²) >= 11 is 0. The minimum Gasteiger partial charge on any atom is -0.368 e. The third kappa shape index (κ3) is 6.91. The molecule has 3 rings (SSSR count). The van der Waals surface area contributed by atoms with Crippen molar-refractivity contribution in [3.8, 4) is 0 Å². The number of hydrogen-bond acceptors (Lipinski definition) is 3. The van der Waals surface area contributed by atoms with Crippen molar-refractivity contribution < 1.29 is 9.53 Å². The molecular formula is C23H30N4O2. The van der Waals surface area contributed by atoms with Crippen molar-refractivity contribution in [2.24, 2.45) is 4.99 Å². The second kappa shape index (κ2) is 11.2. The van der Waals surface area contributed by atoms with E-state index in [4.69, 9.17) is 4.74 Å². The molecular weight excluding hydrogens is 364 g/mol. The largest absolute Gasteiger partial charge is 0.368 e. The maximum atomic E-state index is 12.2. The first-order valence-electron chi connectivity index (χ1n) is 10.3. The zero-order valence-corrected chi connectivity index (χ0v) is 17.0. The first kappa shape index (κ1) is 20.9. The lowest BCUT2D eigenvalue weighted by atomic mass is 10.1. The number of anilines is 1. The Bertz CT molecular complexity index is 802. The number of guanidine groups is 1. The highest BCUT2D eigenvalue weighted by Crippen LogP contribution is 2.16. The van der Waals surface area contributed by atoms with E-state index in [9.17, 15) is 4.79 Å².